The van der Waals surface area contributed by atoms with E-state index in [0.717, 1.165) is 0 Å². The van der Waals surface area contributed by atoms with Crippen LogP contribution in [0.5, 0.6) is 0 Å². The van der Waals surface area contributed by atoms with Crippen molar-refractivity contribution in [2.45, 2.75) is 61.3 Å². The van der Waals surface area contributed by atoms with E-state index in [2.05, 4.69) is 133 Å². The molecule has 0 heterocycles. The molecular formula is C35H40Cl2Zr-2. The molecule has 1 atom stereocenters. The van der Waals surface area contributed by atoms with Crippen LogP contribution >= 0.6 is 0 Å². The van der Waals surface area contributed by atoms with Crippen LogP contribution in [0.15, 0.2) is 90.5 Å². The maximum absolute atomic E-state index is 3.40. The summed E-state index contributed by atoms with van der Waals surface area (Å²) in [6, 6.07) is 26.1. The molecule has 38 heavy (non-hydrogen) atoms. The first-order valence-electron chi connectivity index (χ1n) is 13.1. The second-order valence-electron chi connectivity index (χ2n) is 10.9. The summed E-state index contributed by atoms with van der Waals surface area (Å²) in [7, 11) is 0. The molecule has 4 aromatic rings. The first-order chi connectivity index (χ1) is 17.1. The minimum atomic E-state index is 0. The van der Waals surface area contributed by atoms with Crippen molar-refractivity contribution in [2.24, 2.45) is 11.3 Å². The van der Waals surface area contributed by atoms with Gasteiger partial charge in [0.2, 0.25) is 0 Å². The molecule has 5 rings (SSSR count). The molecule has 1 aliphatic carbocycles. The Hall–Kier alpha value is -1.66. The first-order valence-corrected chi connectivity index (χ1v) is 14.3. The van der Waals surface area contributed by atoms with E-state index in [1.807, 2.05) is 6.07 Å². The van der Waals surface area contributed by atoms with Crippen LogP contribution in [0.4, 0.5) is 0 Å². The van der Waals surface area contributed by atoms with Crippen molar-refractivity contribution in [3.8, 4) is 0 Å². The normalized spacial score (nSPS) is 13.9. The van der Waals surface area contributed by atoms with Crippen LogP contribution in [0, 0.1) is 31.3 Å². The van der Waals surface area contributed by atoms with Crippen molar-refractivity contribution in [1.29, 1.82) is 0 Å². The number of benzene rings is 3. The zero-order valence-electron chi connectivity index (χ0n) is 23.8. The van der Waals surface area contributed by atoms with Crippen LogP contribution < -0.4 is 24.8 Å². The number of hydrogen-bond acceptors (Lipinski definition) is 0. The minimum Gasteiger partial charge on any atom is -1.00 e. The summed E-state index contributed by atoms with van der Waals surface area (Å²) in [5.74, 6) is 0.587. The summed E-state index contributed by atoms with van der Waals surface area (Å²) < 4.78 is 1.46. The molecule has 0 bridgehead atoms. The third-order valence-electron chi connectivity index (χ3n) is 6.52. The summed E-state index contributed by atoms with van der Waals surface area (Å²) in [4.78, 5) is 0. The Bertz CT molecular complexity index is 1310. The number of fused-ring (bicyclic) bond motifs is 3. The molecule has 0 aliphatic heterocycles. The van der Waals surface area contributed by atoms with Gasteiger partial charge in [-0.15, -0.1) is 39.7 Å². The van der Waals surface area contributed by atoms with Gasteiger partial charge in [0.25, 0.3) is 0 Å². The van der Waals surface area contributed by atoms with Crippen LogP contribution in [-0.2, 0) is 24.2 Å². The molecule has 4 aromatic carbocycles. The van der Waals surface area contributed by atoms with E-state index in [1.165, 1.54) is 84.1 Å². The van der Waals surface area contributed by atoms with Crippen molar-refractivity contribution in [3.63, 3.8) is 0 Å². The molecule has 0 spiro atoms. The van der Waals surface area contributed by atoms with Gasteiger partial charge in [0.15, 0.2) is 0 Å². The van der Waals surface area contributed by atoms with Crippen LogP contribution in [0.25, 0.3) is 21.5 Å². The van der Waals surface area contributed by atoms with Gasteiger partial charge in [0.05, 0.1) is 0 Å². The van der Waals surface area contributed by atoms with Crippen LogP contribution in [0.1, 0.15) is 64.2 Å². The molecule has 0 fully saturated rings. The number of halogens is 2. The molecule has 0 radical (unpaired) electrons. The summed E-state index contributed by atoms with van der Waals surface area (Å²) in [6.07, 6.45) is 10.4. The van der Waals surface area contributed by atoms with Gasteiger partial charge in [-0.25, -0.2) is 6.08 Å². The van der Waals surface area contributed by atoms with Crippen molar-refractivity contribution in [3.05, 3.63) is 113 Å². The van der Waals surface area contributed by atoms with Gasteiger partial charge in [-0.3, -0.25) is 6.08 Å². The SMILES string of the molecule is CCCC1[C-]=CC(C(C)(C)C)=C1.C[C](=[Zr+2])c1ccccc1.Cc1ccc2c(c1)[cH-]c1cc(C)ccc12.[Cl-].[Cl-]. The Balaban J connectivity index is 0.000000287. The van der Waals surface area contributed by atoms with E-state index in [0.29, 0.717) is 11.3 Å². The predicted octanol–water partition coefficient (Wildman–Crippen LogP) is 3.86. The molecule has 0 N–H and O–H groups in total. The number of aryl methyl sites for hydroxylation is 2. The number of rotatable bonds is 3. The fraction of sp³-hybridized carbons (Fsp3) is 0.314. The van der Waals surface area contributed by atoms with E-state index in [9.17, 15) is 0 Å². The van der Waals surface area contributed by atoms with Crippen LogP contribution in [0.2, 0.25) is 0 Å². The van der Waals surface area contributed by atoms with Gasteiger partial charge in [0, 0.05) is 0 Å². The third kappa shape index (κ3) is 9.82. The minimum absolute atomic E-state index is 0. The topological polar surface area (TPSA) is 0 Å². The van der Waals surface area contributed by atoms with Crippen molar-refractivity contribution in [1.82, 2.24) is 0 Å². The largest absolute Gasteiger partial charge is 1.00 e. The Morgan fingerprint density at radius 3 is 1.79 bits per heavy atom. The molecule has 1 aliphatic rings. The molecule has 0 saturated carbocycles. The average molecular weight is 623 g/mol. The van der Waals surface area contributed by atoms with Gasteiger partial charge in [-0.05, 0) is 13.8 Å². The smallest absolute Gasteiger partial charge is 0.0469 e. The molecule has 0 aromatic heterocycles. The Morgan fingerprint density at radius 2 is 1.39 bits per heavy atom. The van der Waals surface area contributed by atoms with Crippen molar-refractivity contribution < 1.29 is 49.0 Å². The molecule has 0 saturated heterocycles. The zero-order valence-corrected chi connectivity index (χ0v) is 27.8. The van der Waals surface area contributed by atoms with E-state index in [4.69, 9.17) is 0 Å². The second kappa shape index (κ2) is 15.8. The van der Waals surface area contributed by atoms with E-state index in [-0.39, 0.29) is 24.8 Å². The van der Waals surface area contributed by atoms with Gasteiger partial charge < -0.3 is 24.8 Å². The van der Waals surface area contributed by atoms with Crippen LogP contribution in [0.3, 0.4) is 0 Å². The maximum Gasteiger partial charge on any atom is -0.0469 e. The maximum atomic E-state index is 3.40. The Morgan fingerprint density at radius 1 is 0.868 bits per heavy atom. The number of allylic oxidation sites excluding steroid dienone is 4. The predicted molar refractivity (Wildman–Crippen MR) is 156 cm³/mol. The molecular weight excluding hydrogens is 583 g/mol. The van der Waals surface area contributed by atoms with Gasteiger partial charge in [-0.1, -0.05) is 87.3 Å². The van der Waals surface area contributed by atoms with Crippen LogP contribution in [-0.4, -0.2) is 3.21 Å². The monoisotopic (exact) mass is 620 g/mol. The molecule has 0 nitrogen and oxygen atoms in total. The number of hydrogen-bond donors (Lipinski definition) is 0. The summed E-state index contributed by atoms with van der Waals surface area (Å²) in [5, 5.41) is 5.46. The van der Waals surface area contributed by atoms with Gasteiger partial charge in [0.1, 0.15) is 0 Å². The summed E-state index contributed by atoms with van der Waals surface area (Å²) in [6.45, 7) is 15.4. The fourth-order valence-corrected chi connectivity index (χ4v) is 4.81. The quantitative estimate of drug-likeness (QED) is 0.305. The fourth-order valence-electron chi connectivity index (χ4n) is 4.40. The molecule has 1 unspecified atom stereocenters. The first kappa shape index (κ1) is 34.4. The Kier molecular flexibility index (Phi) is 14.3. The second-order valence-corrected chi connectivity index (χ2v) is 12.7. The van der Waals surface area contributed by atoms with Gasteiger partial charge in [-0.2, -0.15) is 11.6 Å². The Labute approximate surface area is 258 Å². The van der Waals surface area contributed by atoms with E-state index in [1.54, 1.807) is 0 Å². The van der Waals surface area contributed by atoms with E-state index >= 15 is 0 Å². The van der Waals surface area contributed by atoms with E-state index < -0.39 is 0 Å². The standard InChI is InChI=1S/C15H13.C12H19.C8H8.2ClH.Zr/c1-10-3-5-14-12(7-10)9-13-8-11(2)4-6-15(13)14;1-5-6-10-7-8-11(9-10)12(2,3)4;1-2-8-6-4-3-5-7-8;;;/h3-9H,1-2H3;8-10H,5-6H2,1-4H3;3-7H,1H3;2*1H;/q2*-1;;;;+2/p-2. The third-order valence-corrected chi connectivity index (χ3v) is 7.23. The van der Waals surface area contributed by atoms with Crippen molar-refractivity contribution in [2.75, 3.05) is 0 Å². The molecule has 200 valence electrons. The average Bonchev–Trinajstić information content (AvgIpc) is 3.44. The van der Waals surface area contributed by atoms with Gasteiger partial charge >= 0.3 is 70.3 Å². The molecule has 0 amide bonds. The van der Waals surface area contributed by atoms with Crippen molar-refractivity contribution >= 4 is 24.8 Å². The summed E-state index contributed by atoms with van der Waals surface area (Å²) in [5.41, 5.74) is 5.77. The molecule has 3 heteroatoms. The zero-order chi connectivity index (χ0) is 26.3. The summed E-state index contributed by atoms with van der Waals surface area (Å²) >= 11 is 1.51.